The average Bonchev–Trinajstić information content (AvgIpc) is 3.00. The molecule has 0 saturated heterocycles. The number of thiophene rings is 1. The molecular weight excluding hydrogens is 326 g/mol. The third-order valence-corrected chi connectivity index (χ3v) is 4.55. The van der Waals surface area contributed by atoms with E-state index in [1.54, 1.807) is 18.2 Å². The number of nitro benzene ring substituents is 1. The van der Waals surface area contributed by atoms with Gasteiger partial charge in [-0.05, 0) is 25.1 Å². The minimum atomic E-state index is -0.512. The van der Waals surface area contributed by atoms with Crippen LogP contribution in [0, 0.1) is 28.4 Å². The number of nitro groups is 1. The topological polar surface area (TPSA) is 99.8 Å². The number of rotatable bonds is 3. The SMILES string of the molecule is Cc1ccc(-c2cc(-c3cccc([N+](=O)[O-])c3)[nH]c(=O)c2C#N)s1. The Morgan fingerprint density at radius 3 is 2.67 bits per heavy atom. The number of aryl methyl sites for hydroxylation is 1. The number of nitrogens with one attached hydrogen (secondary N) is 1. The molecule has 6 nitrogen and oxygen atoms in total. The van der Waals surface area contributed by atoms with Crippen LogP contribution in [0.15, 0.2) is 47.3 Å². The second-order valence-corrected chi connectivity index (χ2v) is 6.42. The van der Waals surface area contributed by atoms with Crippen molar-refractivity contribution in [2.75, 3.05) is 0 Å². The predicted octanol–water partition coefficient (Wildman–Crippen LogP) is 3.86. The minimum Gasteiger partial charge on any atom is -0.321 e. The second kappa shape index (κ2) is 6.10. The first-order chi connectivity index (χ1) is 11.5. The van der Waals surface area contributed by atoms with Crippen molar-refractivity contribution in [3.63, 3.8) is 0 Å². The monoisotopic (exact) mass is 337 g/mol. The van der Waals surface area contributed by atoms with Gasteiger partial charge in [0.05, 0.1) is 4.92 Å². The highest BCUT2D eigenvalue weighted by Crippen LogP contribution is 2.32. The van der Waals surface area contributed by atoms with Crippen LogP contribution in [0.5, 0.6) is 0 Å². The van der Waals surface area contributed by atoms with Gasteiger partial charge in [-0.1, -0.05) is 12.1 Å². The molecule has 24 heavy (non-hydrogen) atoms. The van der Waals surface area contributed by atoms with Crippen LogP contribution in [0.2, 0.25) is 0 Å². The maximum absolute atomic E-state index is 12.3. The lowest BCUT2D eigenvalue weighted by molar-refractivity contribution is -0.384. The highest BCUT2D eigenvalue weighted by atomic mass is 32.1. The number of benzene rings is 1. The summed E-state index contributed by atoms with van der Waals surface area (Å²) in [5.74, 6) is 0. The summed E-state index contributed by atoms with van der Waals surface area (Å²) in [4.78, 5) is 27.2. The molecular formula is C17H11N3O3S. The fraction of sp³-hybridized carbons (Fsp3) is 0.0588. The molecule has 0 fully saturated rings. The number of aromatic nitrogens is 1. The van der Waals surface area contributed by atoms with Crippen LogP contribution in [0.3, 0.4) is 0 Å². The Kier molecular flexibility index (Phi) is 3.98. The van der Waals surface area contributed by atoms with Crippen molar-refractivity contribution in [1.29, 1.82) is 5.26 Å². The van der Waals surface area contributed by atoms with E-state index >= 15 is 0 Å². The molecule has 0 atom stereocenters. The van der Waals surface area contributed by atoms with Crippen molar-refractivity contribution in [3.8, 4) is 27.8 Å². The highest BCUT2D eigenvalue weighted by Gasteiger charge is 2.15. The Morgan fingerprint density at radius 1 is 1.25 bits per heavy atom. The van der Waals surface area contributed by atoms with Crippen molar-refractivity contribution in [2.45, 2.75) is 6.92 Å². The van der Waals surface area contributed by atoms with Crippen molar-refractivity contribution in [1.82, 2.24) is 4.98 Å². The third kappa shape index (κ3) is 2.83. The first-order valence-electron chi connectivity index (χ1n) is 6.98. The van der Waals surface area contributed by atoms with Gasteiger partial charge in [0.1, 0.15) is 11.6 Å². The van der Waals surface area contributed by atoms with E-state index in [4.69, 9.17) is 0 Å². The second-order valence-electron chi connectivity index (χ2n) is 5.13. The Labute approximate surface area is 140 Å². The zero-order chi connectivity index (χ0) is 17.3. The van der Waals surface area contributed by atoms with Gasteiger partial charge in [-0.2, -0.15) is 5.26 Å². The lowest BCUT2D eigenvalue weighted by Gasteiger charge is -2.06. The van der Waals surface area contributed by atoms with Gasteiger partial charge < -0.3 is 4.98 Å². The predicted molar refractivity (Wildman–Crippen MR) is 91.9 cm³/mol. The quantitative estimate of drug-likeness (QED) is 0.579. The van der Waals surface area contributed by atoms with E-state index in [2.05, 4.69) is 4.98 Å². The molecule has 3 rings (SSSR count). The Hall–Kier alpha value is -3.24. The van der Waals surface area contributed by atoms with Gasteiger partial charge >= 0.3 is 0 Å². The van der Waals surface area contributed by atoms with E-state index in [0.29, 0.717) is 16.8 Å². The molecule has 2 aromatic heterocycles. The molecule has 0 spiro atoms. The molecule has 0 saturated carbocycles. The fourth-order valence-corrected chi connectivity index (χ4v) is 3.28. The van der Waals surface area contributed by atoms with Crippen LogP contribution in [0.1, 0.15) is 10.4 Å². The summed E-state index contributed by atoms with van der Waals surface area (Å²) in [7, 11) is 0. The smallest absolute Gasteiger partial charge is 0.270 e. The number of H-pyrrole nitrogens is 1. The molecule has 0 aliphatic rings. The summed E-state index contributed by atoms with van der Waals surface area (Å²) in [5.41, 5.74) is 0.935. The van der Waals surface area contributed by atoms with E-state index in [-0.39, 0.29) is 11.3 Å². The fourth-order valence-electron chi connectivity index (χ4n) is 2.39. The van der Waals surface area contributed by atoms with Gasteiger partial charge in [0, 0.05) is 38.7 Å². The van der Waals surface area contributed by atoms with Gasteiger partial charge in [0.25, 0.3) is 11.2 Å². The molecule has 0 unspecified atom stereocenters. The first-order valence-corrected chi connectivity index (χ1v) is 7.80. The lowest BCUT2D eigenvalue weighted by Crippen LogP contribution is -2.12. The largest absolute Gasteiger partial charge is 0.321 e. The number of aromatic amines is 1. The molecule has 0 radical (unpaired) electrons. The van der Waals surface area contributed by atoms with Crippen LogP contribution in [0.4, 0.5) is 5.69 Å². The molecule has 0 bridgehead atoms. The Bertz CT molecular complexity index is 1040. The van der Waals surface area contributed by atoms with Crippen molar-refractivity contribution in [3.05, 3.63) is 73.4 Å². The van der Waals surface area contributed by atoms with Crippen LogP contribution in [0.25, 0.3) is 21.7 Å². The summed E-state index contributed by atoms with van der Waals surface area (Å²) in [6.07, 6.45) is 0. The normalized spacial score (nSPS) is 10.3. The number of nitrogens with zero attached hydrogens (tertiary/aromatic N) is 2. The molecule has 0 aliphatic heterocycles. The molecule has 1 aromatic carbocycles. The molecule has 2 heterocycles. The van der Waals surface area contributed by atoms with Gasteiger partial charge in [-0.25, -0.2) is 0 Å². The summed E-state index contributed by atoms with van der Waals surface area (Å²) in [6.45, 7) is 1.94. The maximum Gasteiger partial charge on any atom is 0.270 e. The summed E-state index contributed by atoms with van der Waals surface area (Å²) in [6, 6.07) is 13.4. The van der Waals surface area contributed by atoms with Crippen molar-refractivity contribution < 1.29 is 4.92 Å². The number of non-ortho nitro benzene ring substituents is 1. The van der Waals surface area contributed by atoms with Crippen LogP contribution >= 0.6 is 11.3 Å². The van der Waals surface area contributed by atoms with E-state index in [1.165, 1.54) is 23.5 Å². The van der Waals surface area contributed by atoms with Gasteiger partial charge in [0.15, 0.2) is 0 Å². The van der Waals surface area contributed by atoms with Crippen LogP contribution in [-0.2, 0) is 0 Å². The maximum atomic E-state index is 12.3. The van der Waals surface area contributed by atoms with Crippen LogP contribution < -0.4 is 5.56 Å². The standard InChI is InChI=1S/C17H11N3O3S/c1-10-5-6-16(24-10)13-8-15(19-17(21)14(13)9-18)11-3-2-4-12(7-11)20(22)23/h2-8H,1H3,(H,19,21). The average molecular weight is 337 g/mol. The van der Waals surface area contributed by atoms with E-state index < -0.39 is 10.5 Å². The van der Waals surface area contributed by atoms with Gasteiger partial charge in [0.2, 0.25) is 0 Å². The van der Waals surface area contributed by atoms with Crippen LogP contribution in [-0.4, -0.2) is 9.91 Å². The zero-order valence-electron chi connectivity index (χ0n) is 12.6. The summed E-state index contributed by atoms with van der Waals surface area (Å²) >= 11 is 1.48. The third-order valence-electron chi connectivity index (χ3n) is 3.52. The van der Waals surface area contributed by atoms with E-state index in [9.17, 15) is 20.2 Å². The molecule has 7 heteroatoms. The molecule has 1 N–H and O–H groups in total. The summed E-state index contributed by atoms with van der Waals surface area (Å²) < 4.78 is 0. The zero-order valence-corrected chi connectivity index (χ0v) is 13.4. The number of pyridine rings is 1. The number of nitriles is 1. The summed E-state index contributed by atoms with van der Waals surface area (Å²) in [5, 5.41) is 20.2. The lowest BCUT2D eigenvalue weighted by atomic mass is 10.0. The van der Waals surface area contributed by atoms with Crippen molar-refractivity contribution >= 4 is 17.0 Å². The Morgan fingerprint density at radius 2 is 2.04 bits per heavy atom. The van der Waals surface area contributed by atoms with E-state index in [1.807, 2.05) is 25.1 Å². The number of hydrogen-bond acceptors (Lipinski definition) is 5. The van der Waals surface area contributed by atoms with Crippen molar-refractivity contribution in [2.24, 2.45) is 0 Å². The number of hydrogen-bond donors (Lipinski definition) is 1. The molecule has 0 aliphatic carbocycles. The molecule has 0 amide bonds. The van der Waals surface area contributed by atoms with E-state index in [0.717, 1.165) is 9.75 Å². The minimum absolute atomic E-state index is 0.0334. The van der Waals surface area contributed by atoms with Gasteiger partial charge in [-0.3, -0.25) is 14.9 Å². The highest BCUT2D eigenvalue weighted by molar-refractivity contribution is 7.15. The molecule has 118 valence electrons. The Balaban J connectivity index is 2.23. The first kappa shape index (κ1) is 15.6. The van der Waals surface area contributed by atoms with Gasteiger partial charge in [-0.15, -0.1) is 11.3 Å². The molecule has 3 aromatic rings.